The number of nitriles is 1. The molecule has 0 aliphatic heterocycles. The summed E-state index contributed by atoms with van der Waals surface area (Å²) < 4.78 is 27.4. The molecule has 4 rings (SSSR count). The number of rotatable bonds is 7. The summed E-state index contributed by atoms with van der Waals surface area (Å²) >= 11 is 0. The fraction of sp³-hybridized carbons (Fsp3) is 0.304. The van der Waals surface area contributed by atoms with Gasteiger partial charge in [-0.3, -0.25) is 9.52 Å². The summed E-state index contributed by atoms with van der Waals surface area (Å²) in [6.07, 6.45) is 3.44. The molecule has 1 aliphatic rings. The molecule has 0 atom stereocenters. The van der Waals surface area contributed by atoms with E-state index in [4.69, 9.17) is 0 Å². The molecule has 0 bridgehead atoms. The minimum absolute atomic E-state index is 0.103. The third kappa shape index (κ3) is 4.42. The molecule has 0 saturated heterocycles. The third-order valence-corrected chi connectivity index (χ3v) is 6.07. The SMILES string of the molecule is CCn1c(-c2ccc(NS(C)(=O)=O)cc2)c(C#N)c2ccc(C(=O)NCC3CC3)cc21. The van der Waals surface area contributed by atoms with Crippen molar-refractivity contribution in [3.63, 3.8) is 0 Å². The molecule has 1 aliphatic carbocycles. The van der Waals surface area contributed by atoms with Gasteiger partial charge in [0.25, 0.3) is 5.91 Å². The summed E-state index contributed by atoms with van der Waals surface area (Å²) in [5, 5.41) is 13.7. The molecule has 1 fully saturated rings. The Morgan fingerprint density at radius 3 is 2.48 bits per heavy atom. The molecule has 0 radical (unpaired) electrons. The number of amides is 1. The van der Waals surface area contributed by atoms with Crippen molar-refractivity contribution < 1.29 is 13.2 Å². The molecule has 1 saturated carbocycles. The largest absolute Gasteiger partial charge is 0.352 e. The van der Waals surface area contributed by atoms with E-state index in [0.717, 1.165) is 28.4 Å². The summed E-state index contributed by atoms with van der Waals surface area (Å²) in [6, 6.07) is 14.7. The van der Waals surface area contributed by atoms with E-state index in [1.807, 2.05) is 23.6 Å². The zero-order chi connectivity index (χ0) is 22.2. The van der Waals surface area contributed by atoms with Gasteiger partial charge in [0.15, 0.2) is 0 Å². The number of nitrogens with zero attached hydrogens (tertiary/aromatic N) is 2. The summed E-state index contributed by atoms with van der Waals surface area (Å²) in [5.74, 6) is 0.498. The van der Waals surface area contributed by atoms with Crippen LogP contribution in [-0.2, 0) is 16.6 Å². The Bertz CT molecular complexity index is 1300. The molecular weight excluding hydrogens is 412 g/mol. The fourth-order valence-electron chi connectivity index (χ4n) is 3.80. The number of sulfonamides is 1. The number of aryl methyl sites for hydroxylation is 1. The summed E-state index contributed by atoms with van der Waals surface area (Å²) in [4.78, 5) is 12.6. The van der Waals surface area contributed by atoms with E-state index >= 15 is 0 Å². The molecule has 1 amide bonds. The van der Waals surface area contributed by atoms with Gasteiger partial charge in [0.2, 0.25) is 10.0 Å². The van der Waals surface area contributed by atoms with Crippen LogP contribution < -0.4 is 10.0 Å². The van der Waals surface area contributed by atoms with Gasteiger partial charge in [-0.15, -0.1) is 0 Å². The average Bonchev–Trinajstić information content (AvgIpc) is 3.51. The van der Waals surface area contributed by atoms with Gasteiger partial charge in [-0.2, -0.15) is 5.26 Å². The molecule has 1 heterocycles. The van der Waals surface area contributed by atoms with Crippen LogP contribution in [0, 0.1) is 17.2 Å². The second kappa shape index (κ2) is 8.08. The Kier molecular flexibility index (Phi) is 5.46. The van der Waals surface area contributed by atoms with Crippen LogP contribution in [0.5, 0.6) is 0 Å². The Balaban J connectivity index is 1.75. The van der Waals surface area contributed by atoms with Gasteiger partial charge in [0, 0.05) is 29.7 Å². The molecule has 2 N–H and O–H groups in total. The first kappa shape index (κ1) is 20.9. The lowest BCUT2D eigenvalue weighted by molar-refractivity contribution is 0.0952. The molecule has 160 valence electrons. The van der Waals surface area contributed by atoms with E-state index in [1.165, 1.54) is 12.8 Å². The molecule has 2 aromatic carbocycles. The predicted octanol–water partition coefficient (Wildman–Crippen LogP) is 3.71. The number of benzene rings is 2. The normalized spacial score (nSPS) is 13.7. The predicted molar refractivity (Wildman–Crippen MR) is 121 cm³/mol. The van der Waals surface area contributed by atoms with Gasteiger partial charge < -0.3 is 9.88 Å². The summed E-state index contributed by atoms with van der Waals surface area (Å²) in [6.45, 7) is 3.31. The van der Waals surface area contributed by atoms with Crippen LogP contribution in [0.4, 0.5) is 5.69 Å². The molecular formula is C23H24N4O3S. The maximum Gasteiger partial charge on any atom is 0.251 e. The number of nitrogens with one attached hydrogen (secondary N) is 2. The van der Waals surface area contributed by atoms with E-state index in [-0.39, 0.29) is 5.91 Å². The Morgan fingerprint density at radius 1 is 1.19 bits per heavy atom. The van der Waals surface area contributed by atoms with E-state index in [9.17, 15) is 18.5 Å². The molecule has 31 heavy (non-hydrogen) atoms. The van der Waals surface area contributed by atoms with Crippen molar-refractivity contribution in [3.8, 4) is 17.3 Å². The number of hydrogen-bond donors (Lipinski definition) is 2. The first-order chi connectivity index (χ1) is 14.8. The summed E-state index contributed by atoms with van der Waals surface area (Å²) in [7, 11) is -3.37. The van der Waals surface area contributed by atoms with Crippen molar-refractivity contribution in [3.05, 3.63) is 53.6 Å². The minimum Gasteiger partial charge on any atom is -0.352 e. The van der Waals surface area contributed by atoms with Gasteiger partial charge in [-0.1, -0.05) is 18.2 Å². The highest BCUT2D eigenvalue weighted by Crippen LogP contribution is 2.35. The fourth-order valence-corrected chi connectivity index (χ4v) is 4.37. The van der Waals surface area contributed by atoms with E-state index in [1.54, 1.807) is 30.3 Å². The second-order valence-electron chi connectivity index (χ2n) is 7.92. The van der Waals surface area contributed by atoms with Crippen molar-refractivity contribution >= 4 is 32.5 Å². The standard InChI is InChI=1S/C23H24N4O3S/c1-3-27-21-12-17(23(28)25-14-15-4-5-15)8-11-19(21)20(13-24)22(27)16-6-9-18(10-7-16)26-31(2,29)30/h6-12,15,26H,3-5,14H2,1-2H3,(H,25,28). The number of hydrogen-bond acceptors (Lipinski definition) is 4. The van der Waals surface area contributed by atoms with Crippen LogP contribution in [-0.4, -0.2) is 31.7 Å². The highest BCUT2D eigenvalue weighted by molar-refractivity contribution is 7.92. The van der Waals surface area contributed by atoms with Gasteiger partial charge in [0.1, 0.15) is 6.07 Å². The number of fused-ring (bicyclic) bond motifs is 1. The average molecular weight is 437 g/mol. The van der Waals surface area contributed by atoms with Crippen molar-refractivity contribution in [2.24, 2.45) is 5.92 Å². The van der Waals surface area contributed by atoms with Gasteiger partial charge in [-0.05, 0) is 55.5 Å². The van der Waals surface area contributed by atoms with E-state index < -0.39 is 10.0 Å². The van der Waals surface area contributed by atoms with Crippen molar-refractivity contribution in [2.75, 3.05) is 17.5 Å². The monoisotopic (exact) mass is 436 g/mol. The first-order valence-corrected chi connectivity index (χ1v) is 12.1. The highest BCUT2D eigenvalue weighted by Gasteiger charge is 2.23. The molecule has 3 aromatic rings. The summed E-state index contributed by atoms with van der Waals surface area (Å²) in [5.41, 5.74) is 3.94. The lowest BCUT2D eigenvalue weighted by atomic mass is 10.0. The zero-order valence-electron chi connectivity index (χ0n) is 17.5. The van der Waals surface area contributed by atoms with Crippen molar-refractivity contribution in [1.82, 2.24) is 9.88 Å². The molecule has 0 spiro atoms. The van der Waals surface area contributed by atoms with Crippen LogP contribution in [0.1, 0.15) is 35.7 Å². The van der Waals surface area contributed by atoms with E-state index in [2.05, 4.69) is 16.1 Å². The molecule has 7 nitrogen and oxygen atoms in total. The third-order valence-electron chi connectivity index (χ3n) is 5.46. The lowest BCUT2D eigenvalue weighted by Crippen LogP contribution is -2.25. The van der Waals surface area contributed by atoms with Crippen LogP contribution in [0.25, 0.3) is 22.2 Å². The Labute approximate surface area is 181 Å². The number of aromatic nitrogens is 1. The smallest absolute Gasteiger partial charge is 0.251 e. The first-order valence-electron chi connectivity index (χ1n) is 10.2. The number of anilines is 1. The van der Waals surface area contributed by atoms with Crippen molar-refractivity contribution in [2.45, 2.75) is 26.3 Å². The molecule has 8 heteroatoms. The maximum absolute atomic E-state index is 12.6. The number of carbonyl (C=O) groups excluding carboxylic acids is 1. The maximum atomic E-state index is 12.6. The zero-order valence-corrected chi connectivity index (χ0v) is 18.3. The Hall–Kier alpha value is -3.31. The van der Waals surface area contributed by atoms with E-state index in [0.29, 0.717) is 35.8 Å². The van der Waals surface area contributed by atoms with Crippen LogP contribution in [0.15, 0.2) is 42.5 Å². The topological polar surface area (TPSA) is 104 Å². The van der Waals surface area contributed by atoms with Crippen LogP contribution >= 0.6 is 0 Å². The second-order valence-corrected chi connectivity index (χ2v) is 9.67. The van der Waals surface area contributed by atoms with Crippen molar-refractivity contribution in [1.29, 1.82) is 5.26 Å². The quantitative estimate of drug-likeness (QED) is 0.589. The Morgan fingerprint density at radius 2 is 1.90 bits per heavy atom. The van der Waals surface area contributed by atoms with Gasteiger partial charge in [0.05, 0.1) is 23.0 Å². The van der Waals surface area contributed by atoms with Gasteiger partial charge >= 0.3 is 0 Å². The molecule has 0 unspecified atom stereocenters. The molecule has 1 aromatic heterocycles. The minimum atomic E-state index is -3.37. The van der Waals surface area contributed by atoms with Crippen LogP contribution in [0.2, 0.25) is 0 Å². The van der Waals surface area contributed by atoms with Gasteiger partial charge in [-0.25, -0.2) is 8.42 Å². The number of carbonyl (C=O) groups is 1. The van der Waals surface area contributed by atoms with Crippen LogP contribution in [0.3, 0.4) is 0 Å². The highest BCUT2D eigenvalue weighted by atomic mass is 32.2. The lowest BCUT2D eigenvalue weighted by Gasteiger charge is -2.10.